The van der Waals surface area contributed by atoms with Gasteiger partial charge in [0.1, 0.15) is 29.1 Å². The Morgan fingerprint density at radius 3 is 2.33 bits per heavy atom. The number of nitrogens with one attached hydrogen (secondary N) is 1. The number of hydrogen-bond donors (Lipinski definition) is 1. The molecule has 0 aliphatic carbocycles. The van der Waals surface area contributed by atoms with Crippen molar-refractivity contribution >= 4 is 11.8 Å². The molecular weight excluding hydrogens is 423 g/mol. The highest BCUT2D eigenvalue weighted by atomic mass is 19.1. The van der Waals surface area contributed by atoms with E-state index in [1.54, 1.807) is 19.9 Å². The maximum absolute atomic E-state index is 14.3. The number of nitrogens with zero attached hydrogens (tertiary/aromatic N) is 1. The highest BCUT2D eigenvalue weighted by Gasteiger charge is 2.21. The number of carbonyl (C=O) groups excluding carboxylic acids is 1. The van der Waals surface area contributed by atoms with Crippen molar-refractivity contribution in [2.24, 2.45) is 0 Å². The van der Waals surface area contributed by atoms with Gasteiger partial charge in [-0.25, -0.2) is 9.18 Å². The third-order valence-electron chi connectivity index (χ3n) is 5.27. The molecule has 0 spiro atoms. The third-order valence-corrected chi connectivity index (χ3v) is 5.27. The fourth-order valence-corrected chi connectivity index (χ4v) is 3.48. The van der Waals surface area contributed by atoms with Gasteiger partial charge in [0.25, 0.3) is 0 Å². The average molecular weight is 446 g/mol. The Kier molecular flexibility index (Phi) is 6.40. The van der Waals surface area contributed by atoms with E-state index >= 15 is 0 Å². The van der Waals surface area contributed by atoms with Crippen molar-refractivity contribution in [3.63, 3.8) is 0 Å². The van der Waals surface area contributed by atoms with Crippen LogP contribution in [-0.2, 0) is 4.74 Å². The Bertz CT molecular complexity index is 1250. The van der Waals surface area contributed by atoms with Gasteiger partial charge in [-0.1, -0.05) is 59.8 Å². The minimum Gasteiger partial charge on any atom is -0.497 e. The number of methoxy groups -OCH3 is 1. The molecule has 33 heavy (non-hydrogen) atoms. The van der Waals surface area contributed by atoms with E-state index in [-0.39, 0.29) is 5.56 Å². The molecule has 168 valence electrons. The number of benzene rings is 3. The third kappa shape index (κ3) is 4.87. The molecule has 0 saturated carbocycles. The van der Waals surface area contributed by atoms with Gasteiger partial charge in [-0.2, -0.15) is 0 Å². The summed E-state index contributed by atoms with van der Waals surface area (Å²) in [6.07, 6.45) is -1.56. The van der Waals surface area contributed by atoms with E-state index in [9.17, 15) is 9.18 Å². The maximum Gasteiger partial charge on any atom is 0.412 e. The second-order valence-corrected chi connectivity index (χ2v) is 7.48. The van der Waals surface area contributed by atoms with Crippen LogP contribution in [0.4, 0.5) is 14.9 Å². The van der Waals surface area contributed by atoms with Crippen LogP contribution in [0.1, 0.15) is 24.3 Å². The summed E-state index contributed by atoms with van der Waals surface area (Å²) in [4.78, 5) is 12.6. The number of rotatable bonds is 6. The van der Waals surface area contributed by atoms with Crippen LogP contribution in [0.2, 0.25) is 0 Å². The quantitative estimate of drug-likeness (QED) is 0.354. The zero-order chi connectivity index (χ0) is 23.4. The lowest BCUT2D eigenvalue weighted by Gasteiger charge is -2.15. The number of aromatic nitrogens is 1. The zero-order valence-electron chi connectivity index (χ0n) is 18.5. The van der Waals surface area contributed by atoms with Crippen molar-refractivity contribution in [1.82, 2.24) is 5.16 Å². The van der Waals surface area contributed by atoms with Gasteiger partial charge in [-0.15, -0.1) is 0 Å². The van der Waals surface area contributed by atoms with Crippen LogP contribution < -0.4 is 10.1 Å². The topological polar surface area (TPSA) is 73.6 Å². The first-order chi connectivity index (χ1) is 16.0. The van der Waals surface area contributed by atoms with E-state index in [0.29, 0.717) is 22.9 Å². The van der Waals surface area contributed by atoms with E-state index in [0.717, 1.165) is 16.7 Å². The van der Waals surface area contributed by atoms with Gasteiger partial charge in [0.2, 0.25) is 0 Å². The number of ether oxygens (including phenoxy) is 2. The van der Waals surface area contributed by atoms with Gasteiger partial charge in [0.05, 0.1) is 7.11 Å². The van der Waals surface area contributed by atoms with Crippen molar-refractivity contribution in [2.75, 3.05) is 12.4 Å². The number of aryl methyl sites for hydroxylation is 1. The Labute approximate surface area is 190 Å². The van der Waals surface area contributed by atoms with E-state index in [4.69, 9.17) is 14.0 Å². The van der Waals surface area contributed by atoms with Gasteiger partial charge in [0, 0.05) is 17.2 Å². The van der Waals surface area contributed by atoms with Crippen LogP contribution in [0.3, 0.4) is 0 Å². The fraction of sp³-hybridized carbons (Fsp3) is 0.154. The molecule has 4 rings (SSSR count). The minimum atomic E-state index is -0.815. The molecule has 0 aliphatic rings. The molecule has 0 aliphatic heterocycles. The Morgan fingerprint density at radius 1 is 1.00 bits per heavy atom. The Morgan fingerprint density at radius 2 is 1.67 bits per heavy atom. The molecule has 0 fully saturated rings. The molecular formula is C26H23FN2O4. The van der Waals surface area contributed by atoms with E-state index in [1.165, 1.54) is 19.2 Å². The summed E-state index contributed by atoms with van der Waals surface area (Å²) in [6.45, 7) is 3.31. The normalized spacial score (nSPS) is 11.6. The summed E-state index contributed by atoms with van der Waals surface area (Å²) < 4.78 is 30.2. The predicted molar refractivity (Wildman–Crippen MR) is 124 cm³/mol. The van der Waals surface area contributed by atoms with Gasteiger partial charge in [-0.3, -0.25) is 5.32 Å². The lowest BCUT2D eigenvalue weighted by Crippen LogP contribution is -2.17. The molecule has 1 N–H and O–H groups in total. The van der Waals surface area contributed by atoms with E-state index in [2.05, 4.69) is 10.5 Å². The van der Waals surface area contributed by atoms with Crippen LogP contribution in [0, 0.1) is 12.7 Å². The summed E-state index contributed by atoms with van der Waals surface area (Å²) in [5, 5.41) is 6.66. The second kappa shape index (κ2) is 9.56. The van der Waals surface area contributed by atoms with Gasteiger partial charge in [0.15, 0.2) is 5.76 Å². The molecule has 1 amide bonds. The first kappa shape index (κ1) is 22.1. The van der Waals surface area contributed by atoms with Crippen LogP contribution in [-0.4, -0.2) is 18.4 Å². The standard InChI is InChI=1S/C26H23FN2O4/c1-16-24(28-26(30)32-17(2)22-14-13-21(31-3)15-23(22)27)25(33-29-16)20-11-9-19(10-12-20)18-7-5-4-6-8-18/h4-15,17H,1-3H3,(H,28,30). The van der Waals surface area contributed by atoms with Crippen molar-refractivity contribution < 1.29 is 23.2 Å². The van der Waals surface area contributed by atoms with Gasteiger partial charge in [-0.05, 0) is 37.1 Å². The molecule has 7 heteroatoms. The van der Waals surface area contributed by atoms with Crippen molar-refractivity contribution in [3.05, 3.63) is 89.9 Å². The van der Waals surface area contributed by atoms with E-state index < -0.39 is 18.0 Å². The summed E-state index contributed by atoms with van der Waals surface area (Å²) in [7, 11) is 1.45. The molecule has 0 saturated heterocycles. The Hall–Kier alpha value is -4.13. The summed E-state index contributed by atoms with van der Waals surface area (Å²) in [5.74, 6) is 0.276. The average Bonchev–Trinajstić information content (AvgIpc) is 3.19. The van der Waals surface area contributed by atoms with Crippen molar-refractivity contribution in [1.29, 1.82) is 0 Å². The number of hydrogen-bond acceptors (Lipinski definition) is 5. The predicted octanol–water partition coefficient (Wildman–Crippen LogP) is 6.77. The zero-order valence-corrected chi connectivity index (χ0v) is 18.5. The first-order valence-corrected chi connectivity index (χ1v) is 10.4. The Balaban J connectivity index is 1.49. The van der Waals surface area contributed by atoms with Crippen molar-refractivity contribution in [3.8, 4) is 28.2 Å². The summed E-state index contributed by atoms with van der Waals surface area (Å²) in [6, 6.07) is 22.1. The summed E-state index contributed by atoms with van der Waals surface area (Å²) >= 11 is 0. The van der Waals surface area contributed by atoms with Crippen molar-refractivity contribution in [2.45, 2.75) is 20.0 Å². The minimum absolute atomic E-state index is 0.240. The molecule has 1 heterocycles. The SMILES string of the molecule is COc1ccc(C(C)OC(=O)Nc2c(C)noc2-c2ccc(-c3ccccc3)cc2)c(F)c1. The monoisotopic (exact) mass is 446 g/mol. The molecule has 4 aromatic rings. The lowest BCUT2D eigenvalue weighted by atomic mass is 10.0. The molecule has 6 nitrogen and oxygen atoms in total. The lowest BCUT2D eigenvalue weighted by molar-refractivity contribution is 0.119. The number of amides is 1. The molecule has 3 aromatic carbocycles. The van der Waals surface area contributed by atoms with Gasteiger partial charge >= 0.3 is 6.09 Å². The van der Waals surface area contributed by atoms with E-state index in [1.807, 2.05) is 54.6 Å². The molecule has 1 unspecified atom stereocenters. The second-order valence-electron chi connectivity index (χ2n) is 7.48. The smallest absolute Gasteiger partial charge is 0.412 e. The molecule has 0 radical (unpaired) electrons. The fourth-order valence-electron chi connectivity index (χ4n) is 3.48. The number of halogens is 1. The van der Waals surface area contributed by atoms with Gasteiger partial charge < -0.3 is 14.0 Å². The van der Waals surface area contributed by atoms with Crippen LogP contribution in [0.15, 0.2) is 77.3 Å². The number of carbonyl (C=O) groups is 1. The maximum atomic E-state index is 14.3. The highest BCUT2D eigenvalue weighted by molar-refractivity contribution is 5.91. The largest absolute Gasteiger partial charge is 0.497 e. The summed E-state index contributed by atoms with van der Waals surface area (Å²) in [5.41, 5.74) is 4.04. The highest BCUT2D eigenvalue weighted by Crippen LogP contribution is 2.33. The first-order valence-electron chi connectivity index (χ1n) is 10.4. The number of anilines is 1. The van der Waals surface area contributed by atoms with Crippen LogP contribution in [0.25, 0.3) is 22.5 Å². The van der Waals surface area contributed by atoms with Crippen LogP contribution in [0.5, 0.6) is 5.75 Å². The molecule has 1 atom stereocenters. The molecule has 1 aromatic heterocycles. The molecule has 0 bridgehead atoms. The van der Waals surface area contributed by atoms with Crippen LogP contribution >= 0.6 is 0 Å².